The van der Waals surface area contributed by atoms with Crippen LogP contribution in [0.5, 0.6) is 0 Å². The lowest BCUT2D eigenvalue weighted by Gasteiger charge is -2.57. The fourth-order valence-electron chi connectivity index (χ4n) is 4.14. The number of rotatable bonds is 5. The lowest BCUT2D eigenvalue weighted by Crippen LogP contribution is -2.73. The van der Waals surface area contributed by atoms with Crippen molar-refractivity contribution in [2.45, 2.75) is 88.1 Å². The molecule has 0 radical (unpaired) electrons. The van der Waals surface area contributed by atoms with Crippen LogP contribution in [-0.4, -0.2) is 42.5 Å². The number of ketones is 1. The predicted octanol–water partition coefficient (Wildman–Crippen LogP) is 7.35. The summed E-state index contributed by atoms with van der Waals surface area (Å²) in [5.74, 6) is -16.3. The normalized spacial score (nSPS) is 20.9. The highest BCUT2D eigenvalue weighted by Crippen LogP contribution is 2.54. The van der Waals surface area contributed by atoms with E-state index >= 15 is 0 Å². The largest absolute Gasteiger partial charge is 0.460 e. The molecule has 12 heteroatoms. The van der Waals surface area contributed by atoms with Gasteiger partial charge in [0.2, 0.25) is 0 Å². The van der Waals surface area contributed by atoms with Crippen LogP contribution in [-0.2, 0) is 15.1 Å². The molecule has 1 aromatic carbocycles. The monoisotopic (exact) mass is 533 g/mol. The smallest absolute Gasteiger partial charge is 0.348 e. The van der Waals surface area contributed by atoms with Crippen LogP contribution >= 0.6 is 11.6 Å². The second-order valence-electron chi connectivity index (χ2n) is 10.1. The minimum atomic E-state index is -6.70. The Morgan fingerprint density at radius 1 is 1.00 bits per heavy atom. The molecule has 0 bridgehead atoms. The topological polar surface area (TPSA) is 37.4 Å². The highest BCUT2D eigenvalue weighted by Gasteiger charge is 2.78. The number of nitrogens with zero attached hydrogens (tertiary/aromatic N) is 1. The van der Waals surface area contributed by atoms with Crippen LogP contribution in [0.4, 0.5) is 30.7 Å². The molecule has 1 unspecified atom stereocenters. The van der Waals surface area contributed by atoms with Gasteiger partial charge in [-0.1, -0.05) is 63.7 Å². The molecular formula is C22H27ClF7NO2Si. The first-order valence-electron chi connectivity index (χ1n) is 10.6. The van der Waals surface area contributed by atoms with Crippen molar-refractivity contribution in [1.29, 1.82) is 0 Å². The summed E-state index contributed by atoms with van der Waals surface area (Å²) in [4.78, 5) is 26.8. The number of benzene rings is 1. The summed E-state index contributed by atoms with van der Waals surface area (Å²) < 4.78 is 97.4. The lowest BCUT2D eigenvalue weighted by atomic mass is 9.75. The second kappa shape index (κ2) is 8.79. The highest BCUT2D eigenvalue weighted by atomic mass is 35.5. The third kappa shape index (κ3) is 4.27. The number of halogens is 8. The Labute approximate surface area is 199 Å². The van der Waals surface area contributed by atoms with E-state index in [9.17, 15) is 40.3 Å². The van der Waals surface area contributed by atoms with Gasteiger partial charge in [0, 0.05) is 17.0 Å². The molecule has 192 valence electrons. The van der Waals surface area contributed by atoms with E-state index in [0.717, 1.165) is 0 Å². The van der Waals surface area contributed by atoms with Gasteiger partial charge < -0.3 is 4.57 Å². The van der Waals surface area contributed by atoms with Gasteiger partial charge in [-0.2, -0.15) is 30.7 Å². The number of hydrogen-bond donors (Lipinski definition) is 0. The number of carbonyl (C=O) groups is 2. The number of amides is 1. The second-order valence-corrected chi connectivity index (χ2v) is 15.5. The van der Waals surface area contributed by atoms with Crippen LogP contribution in [0.1, 0.15) is 52.0 Å². The Morgan fingerprint density at radius 2 is 1.53 bits per heavy atom. The Morgan fingerprint density at radius 3 is 1.97 bits per heavy atom. The van der Waals surface area contributed by atoms with Crippen molar-refractivity contribution >= 4 is 31.5 Å². The molecule has 1 amide bonds. The SMILES string of the molecule is CC(C)(C)[Si](C)(C)N(C(=O)C(F)(F)C(F)(F)C(F)(F)F)C1(c2ccccc2Cl)CCCCC1=O. The van der Waals surface area contributed by atoms with E-state index in [1.807, 2.05) is 0 Å². The summed E-state index contributed by atoms with van der Waals surface area (Å²) in [5, 5.41) is -1.08. The van der Waals surface area contributed by atoms with Gasteiger partial charge in [-0.05, 0) is 30.4 Å². The zero-order valence-electron chi connectivity index (χ0n) is 19.4. The van der Waals surface area contributed by atoms with E-state index in [1.165, 1.54) is 37.4 Å². The third-order valence-electron chi connectivity index (χ3n) is 6.97. The molecule has 0 aromatic heterocycles. The molecule has 2 rings (SSSR count). The molecule has 34 heavy (non-hydrogen) atoms. The lowest BCUT2D eigenvalue weighted by molar-refractivity contribution is -0.345. The van der Waals surface area contributed by atoms with Gasteiger partial charge in [-0.3, -0.25) is 9.59 Å². The van der Waals surface area contributed by atoms with E-state index in [1.54, 1.807) is 20.8 Å². The number of alkyl halides is 7. The van der Waals surface area contributed by atoms with E-state index in [0.29, 0.717) is 11.0 Å². The molecule has 1 aliphatic rings. The standard InChI is InChI=1S/C22H27ClF7NO2Si/c1-18(2,3)34(4,5)31(17(33)20(24,25)21(26,27)22(28,29)30)19(13-9-8-12-16(19)32)14-10-6-7-11-15(14)23/h6-7,10-11H,8-9,12-13H2,1-5H3. The molecule has 1 fully saturated rings. The van der Waals surface area contributed by atoms with Gasteiger partial charge >= 0.3 is 18.0 Å². The summed E-state index contributed by atoms with van der Waals surface area (Å²) in [6, 6.07) is 5.58. The number of carbonyl (C=O) groups excluding carboxylic acids is 2. The van der Waals surface area contributed by atoms with Crippen LogP contribution in [0.25, 0.3) is 0 Å². The van der Waals surface area contributed by atoms with Gasteiger partial charge in [0.1, 0.15) is 5.54 Å². The molecule has 0 spiro atoms. The van der Waals surface area contributed by atoms with Gasteiger partial charge in [0.15, 0.2) is 14.0 Å². The van der Waals surface area contributed by atoms with Crippen LogP contribution in [0.2, 0.25) is 23.2 Å². The quantitative estimate of drug-likeness (QED) is 0.293. The maximum absolute atomic E-state index is 14.9. The zero-order valence-corrected chi connectivity index (χ0v) is 21.2. The number of Topliss-reactive ketones (excluding diaryl/α,β-unsaturated/α-hetero) is 1. The minimum Gasteiger partial charge on any atom is -0.348 e. The van der Waals surface area contributed by atoms with Crippen molar-refractivity contribution in [3.63, 3.8) is 0 Å². The van der Waals surface area contributed by atoms with Gasteiger partial charge in [-0.25, -0.2) is 0 Å². The third-order valence-corrected chi connectivity index (χ3v) is 12.7. The maximum Gasteiger partial charge on any atom is 0.460 e. The average molecular weight is 534 g/mol. The number of hydrogen-bond acceptors (Lipinski definition) is 2. The molecule has 0 aliphatic heterocycles. The fourth-order valence-corrected chi connectivity index (χ4v) is 7.07. The Balaban J connectivity index is 2.98. The van der Waals surface area contributed by atoms with Crippen molar-refractivity contribution in [3.8, 4) is 0 Å². The van der Waals surface area contributed by atoms with Gasteiger partial charge in [0.05, 0.1) is 0 Å². The van der Waals surface area contributed by atoms with Crippen molar-refractivity contribution < 1.29 is 40.3 Å². The van der Waals surface area contributed by atoms with E-state index in [4.69, 9.17) is 11.6 Å². The first-order chi connectivity index (χ1) is 15.2. The summed E-state index contributed by atoms with van der Waals surface area (Å²) in [6.07, 6.45) is -6.51. The molecule has 1 aliphatic carbocycles. The Bertz CT molecular complexity index is 959. The molecule has 1 atom stereocenters. The maximum atomic E-state index is 14.9. The Kier molecular flexibility index (Phi) is 7.40. The molecule has 0 heterocycles. The fraction of sp³-hybridized carbons (Fsp3) is 0.636. The van der Waals surface area contributed by atoms with Crippen LogP contribution in [0, 0.1) is 0 Å². The van der Waals surface area contributed by atoms with E-state index in [2.05, 4.69) is 0 Å². The summed E-state index contributed by atoms with van der Waals surface area (Å²) in [6.45, 7) is 7.48. The predicted molar refractivity (Wildman–Crippen MR) is 117 cm³/mol. The highest BCUT2D eigenvalue weighted by molar-refractivity contribution is 6.80. The molecule has 3 nitrogen and oxygen atoms in total. The molecule has 1 aromatic rings. The van der Waals surface area contributed by atoms with Crippen molar-refractivity contribution in [2.24, 2.45) is 0 Å². The van der Waals surface area contributed by atoms with E-state index in [-0.39, 0.29) is 29.8 Å². The molecule has 0 N–H and O–H groups in total. The van der Waals surface area contributed by atoms with Crippen LogP contribution in [0.3, 0.4) is 0 Å². The molecule has 1 saturated carbocycles. The van der Waals surface area contributed by atoms with Crippen molar-refractivity contribution in [2.75, 3.05) is 0 Å². The first kappa shape index (κ1) is 28.6. The van der Waals surface area contributed by atoms with Crippen LogP contribution < -0.4 is 0 Å². The molecular weight excluding hydrogens is 507 g/mol. The van der Waals surface area contributed by atoms with E-state index < -0.39 is 48.5 Å². The first-order valence-corrected chi connectivity index (χ1v) is 14.0. The van der Waals surface area contributed by atoms with Crippen molar-refractivity contribution in [1.82, 2.24) is 4.57 Å². The summed E-state index contributed by atoms with van der Waals surface area (Å²) in [5.41, 5.74) is -2.27. The van der Waals surface area contributed by atoms with Crippen LogP contribution in [0.15, 0.2) is 24.3 Å². The zero-order chi connectivity index (χ0) is 26.5. The minimum absolute atomic E-state index is 0.0642. The van der Waals surface area contributed by atoms with Crippen molar-refractivity contribution in [3.05, 3.63) is 34.9 Å². The Hall–Kier alpha value is -1.62. The molecule has 0 saturated heterocycles. The summed E-state index contributed by atoms with van der Waals surface area (Å²) >= 11 is 6.31. The average Bonchev–Trinajstić information content (AvgIpc) is 2.68. The van der Waals surface area contributed by atoms with Gasteiger partial charge in [0.25, 0.3) is 5.91 Å². The van der Waals surface area contributed by atoms with Gasteiger partial charge in [-0.15, -0.1) is 0 Å². The summed E-state index contributed by atoms with van der Waals surface area (Å²) in [7, 11) is -3.73.